The van der Waals surface area contributed by atoms with Crippen LogP contribution in [0.1, 0.15) is 102 Å². The number of hydrogen-bond donors (Lipinski definition) is 1. The molecule has 0 aliphatic heterocycles. The van der Waals surface area contributed by atoms with Crippen molar-refractivity contribution in [2.45, 2.75) is 109 Å². The summed E-state index contributed by atoms with van der Waals surface area (Å²) >= 11 is 0. The highest BCUT2D eigenvalue weighted by atomic mass is 32.2. The van der Waals surface area contributed by atoms with Gasteiger partial charge in [0, 0.05) is 0 Å². The Balaban J connectivity index is 2.14. The van der Waals surface area contributed by atoms with Crippen molar-refractivity contribution in [1.82, 2.24) is 0 Å². The number of unbranched alkanes of at least 4 members (excludes halogenated alkanes) is 10. The molecule has 0 unspecified atom stereocenters. The first-order chi connectivity index (χ1) is 14.5. The Morgan fingerprint density at radius 1 is 0.700 bits per heavy atom. The van der Waals surface area contributed by atoms with Crippen LogP contribution in [0.25, 0.3) is 10.8 Å². The second kappa shape index (κ2) is 13.1. The Morgan fingerprint density at radius 3 is 1.87 bits per heavy atom. The fraction of sp³-hybridized carbons (Fsp3) is 0.615. The number of rotatable bonds is 15. The third-order valence-corrected chi connectivity index (χ3v) is 6.93. The van der Waals surface area contributed by atoms with Gasteiger partial charge in [0.05, 0.1) is 4.90 Å². The van der Waals surface area contributed by atoms with E-state index in [1.165, 1.54) is 94.2 Å². The summed E-state index contributed by atoms with van der Waals surface area (Å²) in [6.45, 7) is 4.49. The number of fused-ring (bicyclic) bond motifs is 1. The molecule has 30 heavy (non-hydrogen) atoms. The first-order valence-corrected chi connectivity index (χ1v) is 13.4. The monoisotopic (exact) mass is 432 g/mol. The second-order valence-corrected chi connectivity index (χ2v) is 10.0. The molecule has 2 aromatic carbocycles. The lowest BCUT2D eigenvalue weighted by atomic mass is 9.91. The number of benzene rings is 2. The van der Waals surface area contributed by atoms with Gasteiger partial charge in [-0.2, -0.15) is 8.42 Å². The minimum Gasteiger partial charge on any atom is -0.282 e. The van der Waals surface area contributed by atoms with E-state index in [1.807, 2.05) is 12.1 Å². The van der Waals surface area contributed by atoms with Gasteiger partial charge in [0.25, 0.3) is 10.1 Å². The van der Waals surface area contributed by atoms with Crippen LogP contribution in [0.4, 0.5) is 0 Å². The van der Waals surface area contributed by atoms with Crippen molar-refractivity contribution in [1.29, 1.82) is 0 Å². The molecule has 2 aromatic rings. The smallest absolute Gasteiger partial charge is 0.282 e. The van der Waals surface area contributed by atoms with Crippen molar-refractivity contribution >= 4 is 20.9 Å². The summed E-state index contributed by atoms with van der Waals surface area (Å²) in [5.41, 5.74) is 2.78. The maximum absolute atomic E-state index is 11.5. The van der Waals surface area contributed by atoms with Crippen molar-refractivity contribution in [3.05, 3.63) is 41.5 Å². The zero-order valence-electron chi connectivity index (χ0n) is 19.0. The van der Waals surface area contributed by atoms with Crippen LogP contribution in [0.2, 0.25) is 0 Å². The van der Waals surface area contributed by atoms with E-state index in [9.17, 15) is 13.0 Å². The van der Waals surface area contributed by atoms with E-state index < -0.39 is 10.1 Å². The van der Waals surface area contributed by atoms with Crippen molar-refractivity contribution in [3.8, 4) is 0 Å². The summed E-state index contributed by atoms with van der Waals surface area (Å²) in [4.78, 5) is -0.0239. The molecule has 0 aliphatic rings. The molecule has 3 nitrogen and oxygen atoms in total. The van der Waals surface area contributed by atoms with Crippen LogP contribution in [-0.4, -0.2) is 13.0 Å². The largest absolute Gasteiger partial charge is 0.294 e. The molecule has 0 amide bonds. The topological polar surface area (TPSA) is 54.4 Å². The molecule has 1 N–H and O–H groups in total. The van der Waals surface area contributed by atoms with E-state index in [4.69, 9.17) is 0 Å². The predicted molar refractivity (Wildman–Crippen MR) is 128 cm³/mol. The zero-order valence-corrected chi connectivity index (χ0v) is 19.8. The van der Waals surface area contributed by atoms with Crippen LogP contribution in [-0.2, 0) is 23.0 Å². The van der Waals surface area contributed by atoms with Crippen LogP contribution in [0.3, 0.4) is 0 Å². The molecule has 0 saturated heterocycles. The molecule has 168 valence electrons. The highest BCUT2D eigenvalue weighted by Gasteiger charge is 2.13. The number of aryl methyl sites for hydroxylation is 2. The standard InChI is InChI=1S/C26H40O3S/c1-3-5-7-9-11-13-15-22-17-18-23-21-24(30(27,28)29)19-20-26(23)25(22)16-14-12-10-8-6-4-2/h17-21H,3-16H2,1-2H3,(H,27,28,29). The lowest BCUT2D eigenvalue weighted by molar-refractivity contribution is 0.483. The van der Waals surface area contributed by atoms with Gasteiger partial charge in [-0.3, -0.25) is 4.55 Å². The molecule has 0 saturated carbocycles. The maximum atomic E-state index is 11.5. The fourth-order valence-electron chi connectivity index (χ4n) is 4.29. The molecular weight excluding hydrogens is 392 g/mol. The van der Waals surface area contributed by atoms with Crippen LogP contribution in [0.15, 0.2) is 35.2 Å². The van der Waals surface area contributed by atoms with Crippen molar-refractivity contribution in [2.75, 3.05) is 0 Å². The highest BCUT2D eigenvalue weighted by molar-refractivity contribution is 7.85. The molecule has 0 heterocycles. The van der Waals surface area contributed by atoms with E-state index in [-0.39, 0.29) is 4.90 Å². The van der Waals surface area contributed by atoms with E-state index in [0.717, 1.165) is 23.6 Å². The molecular formula is C26H40O3S. The average Bonchev–Trinajstić information content (AvgIpc) is 2.72. The summed E-state index contributed by atoms with van der Waals surface area (Å²) < 4.78 is 32.5. The average molecular weight is 433 g/mol. The minimum absolute atomic E-state index is 0.0239. The van der Waals surface area contributed by atoms with E-state index in [2.05, 4.69) is 19.9 Å². The molecule has 0 aliphatic carbocycles. The molecule has 0 spiro atoms. The quantitative estimate of drug-likeness (QED) is 0.230. The third kappa shape index (κ3) is 8.03. The Morgan fingerprint density at radius 2 is 1.27 bits per heavy atom. The molecule has 0 fully saturated rings. The third-order valence-electron chi connectivity index (χ3n) is 6.08. The van der Waals surface area contributed by atoms with Gasteiger partial charge in [-0.1, -0.05) is 96.3 Å². The first kappa shape index (κ1) is 24.9. The van der Waals surface area contributed by atoms with Gasteiger partial charge >= 0.3 is 0 Å². The maximum Gasteiger partial charge on any atom is 0.294 e. The lowest BCUT2D eigenvalue weighted by Gasteiger charge is -2.14. The van der Waals surface area contributed by atoms with Gasteiger partial charge in [0.2, 0.25) is 0 Å². The van der Waals surface area contributed by atoms with E-state index in [0.29, 0.717) is 0 Å². The predicted octanol–water partition coefficient (Wildman–Crippen LogP) is 7.89. The Hall–Kier alpha value is -1.39. The van der Waals surface area contributed by atoms with Crippen molar-refractivity contribution in [3.63, 3.8) is 0 Å². The molecule has 0 bridgehead atoms. The van der Waals surface area contributed by atoms with Crippen LogP contribution >= 0.6 is 0 Å². The van der Waals surface area contributed by atoms with Gasteiger partial charge in [0.1, 0.15) is 0 Å². The normalized spacial score (nSPS) is 12.0. The number of hydrogen-bond acceptors (Lipinski definition) is 2. The minimum atomic E-state index is -4.17. The van der Waals surface area contributed by atoms with Crippen LogP contribution in [0.5, 0.6) is 0 Å². The van der Waals surface area contributed by atoms with Gasteiger partial charge in [-0.25, -0.2) is 0 Å². The summed E-state index contributed by atoms with van der Waals surface area (Å²) in [6, 6.07) is 9.21. The summed E-state index contributed by atoms with van der Waals surface area (Å²) in [6.07, 6.45) is 17.5. The molecule has 0 radical (unpaired) electrons. The van der Waals surface area contributed by atoms with Gasteiger partial charge in [0.15, 0.2) is 0 Å². The van der Waals surface area contributed by atoms with Crippen LogP contribution < -0.4 is 0 Å². The van der Waals surface area contributed by atoms with Crippen molar-refractivity contribution < 1.29 is 13.0 Å². The zero-order chi connectivity index (χ0) is 21.8. The SMILES string of the molecule is CCCCCCCCc1ccc2cc(S(=O)(=O)O)ccc2c1CCCCCCCC. The molecule has 4 heteroatoms. The second-order valence-electron chi connectivity index (χ2n) is 8.60. The van der Waals surface area contributed by atoms with E-state index in [1.54, 1.807) is 6.07 Å². The summed E-state index contributed by atoms with van der Waals surface area (Å²) in [7, 11) is -4.17. The summed E-state index contributed by atoms with van der Waals surface area (Å²) in [5.74, 6) is 0. The van der Waals surface area contributed by atoms with E-state index >= 15 is 0 Å². The molecule has 0 atom stereocenters. The fourth-order valence-corrected chi connectivity index (χ4v) is 4.80. The lowest BCUT2D eigenvalue weighted by Crippen LogP contribution is -2.00. The first-order valence-electron chi connectivity index (χ1n) is 12.0. The Kier molecular flexibility index (Phi) is 10.9. The van der Waals surface area contributed by atoms with Gasteiger partial charge in [-0.05, 0) is 59.7 Å². The van der Waals surface area contributed by atoms with Gasteiger partial charge in [-0.15, -0.1) is 0 Å². The van der Waals surface area contributed by atoms with Crippen molar-refractivity contribution in [2.24, 2.45) is 0 Å². The highest BCUT2D eigenvalue weighted by Crippen LogP contribution is 2.28. The Labute approximate surface area is 184 Å². The van der Waals surface area contributed by atoms with Crippen LogP contribution in [0, 0.1) is 0 Å². The van der Waals surface area contributed by atoms with Gasteiger partial charge < -0.3 is 0 Å². The molecule has 0 aromatic heterocycles. The molecule has 2 rings (SSSR count). The summed E-state index contributed by atoms with van der Waals surface area (Å²) in [5, 5.41) is 2.04. The Bertz CT molecular complexity index is 871.